The van der Waals surface area contributed by atoms with Gasteiger partial charge in [0.05, 0.1) is 0 Å². The molecule has 23 heavy (non-hydrogen) atoms. The van der Waals surface area contributed by atoms with Crippen LogP contribution in [0.15, 0.2) is 15.9 Å². The third-order valence-corrected chi connectivity index (χ3v) is 2.60. The fraction of sp³-hybridized carbons (Fsp3) is 0.615. The van der Waals surface area contributed by atoms with E-state index in [0.717, 1.165) is 10.9 Å². The van der Waals surface area contributed by atoms with E-state index in [4.69, 9.17) is 4.74 Å². The molecule has 1 atom stereocenters. The van der Waals surface area contributed by atoms with Crippen LogP contribution in [-0.2, 0) is 16.1 Å². The van der Waals surface area contributed by atoms with Gasteiger partial charge in [-0.05, 0) is 27.7 Å². The Morgan fingerprint density at radius 1 is 1.39 bits per heavy atom. The molecule has 0 radical (unpaired) electrons. The second-order valence-electron chi connectivity index (χ2n) is 5.84. The van der Waals surface area contributed by atoms with Crippen molar-refractivity contribution in [3.8, 4) is 0 Å². The lowest BCUT2D eigenvalue weighted by Crippen LogP contribution is -2.47. The molecular formula is C13H21N5O5. The molecule has 10 heteroatoms. The predicted molar refractivity (Wildman–Crippen MR) is 81.0 cm³/mol. The lowest BCUT2D eigenvalue weighted by atomic mass is 10.2. The Hall–Kier alpha value is -2.65. The highest BCUT2D eigenvalue weighted by molar-refractivity contribution is 5.85. The summed E-state index contributed by atoms with van der Waals surface area (Å²) in [6.45, 7) is 6.82. The molecule has 0 fully saturated rings. The number of alkyl carbamates (subject to hydrolysis) is 1. The summed E-state index contributed by atoms with van der Waals surface area (Å²) in [5.41, 5.74) is -2.25. The molecule has 0 aliphatic heterocycles. The number of ether oxygens (including phenoxy) is 1. The first-order valence-corrected chi connectivity index (χ1v) is 7.01. The third kappa shape index (κ3) is 6.32. The van der Waals surface area contributed by atoms with E-state index in [1.54, 1.807) is 20.8 Å². The lowest BCUT2D eigenvalue weighted by molar-refractivity contribution is -0.122. The predicted octanol–water partition coefficient (Wildman–Crippen LogP) is -1.04. The van der Waals surface area contributed by atoms with Gasteiger partial charge in [0, 0.05) is 13.1 Å². The topological polar surface area (TPSA) is 135 Å². The van der Waals surface area contributed by atoms with Gasteiger partial charge in [0.15, 0.2) is 0 Å². The summed E-state index contributed by atoms with van der Waals surface area (Å²) in [6, 6.07) is -0.807. The molecule has 0 spiro atoms. The number of hydrogen-bond acceptors (Lipinski definition) is 6. The SMILES string of the molecule is C[C@H](NC(=O)OC(C)(C)C)C(=O)NCCn1cn[nH]c(=O)c1=O. The molecule has 0 saturated heterocycles. The molecule has 1 rings (SSSR count). The van der Waals surface area contributed by atoms with Crippen LogP contribution in [0.5, 0.6) is 0 Å². The highest BCUT2D eigenvalue weighted by atomic mass is 16.6. The molecule has 0 aliphatic carbocycles. The average molecular weight is 327 g/mol. The number of H-pyrrole nitrogens is 1. The van der Waals surface area contributed by atoms with Crippen molar-refractivity contribution in [3.05, 3.63) is 27.0 Å². The number of nitrogens with zero attached hydrogens (tertiary/aromatic N) is 2. The van der Waals surface area contributed by atoms with E-state index in [1.807, 2.05) is 5.10 Å². The van der Waals surface area contributed by atoms with Gasteiger partial charge in [0.2, 0.25) is 5.91 Å². The Bertz CT molecular complexity index is 672. The standard InChI is InChI=1S/C13H21N5O5/c1-8(16-12(22)23-13(2,3)4)9(19)14-5-6-18-7-15-17-10(20)11(18)21/h7-8H,5-6H2,1-4H3,(H,14,19)(H,16,22)(H,17,20)/t8-/m0/s1. The molecule has 1 aromatic rings. The maximum Gasteiger partial charge on any atom is 0.408 e. The summed E-state index contributed by atoms with van der Waals surface area (Å²) in [6.07, 6.45) is 0.466. The van der Waals surface area contributed by atoms with Gasteiger partial charge in [-0.3, -0.25) is 19.0 Å². The van der Waals surface area contributed by atoms with Crippen LogP contribution in [0.25, 0.3) is 0 Å². The van der Waals surface area contributed by atoms with Crippen LogP contribution in [0.4, 0.5) is 4.79 Å². The molecule has 0 aromatic carbocycles. The Morgan fingerprint density at radius 3 is 2.65 bits per heavy atom. The van der Waals surface area contributed by atoms with Crippen molar-refractivity contribution in [2.45, 2.75) is 45.9 Å². The first-order chi connectivity index (χ1) is 10.6. The van der Waals surface area contributed by atoms with Gasteiger partial charge < -0.3 is 15.4 Å². The zero-order chi connectivity index (χ0) is 17.6. The van der Waals surface area contributed by atoms with Gasteiger partial charge in [-0.1, -0.05) is 0 Å². The minimum Gasteiger partial charge on any atom is -0.444 e. The van der Waals surface area contributed by atoms with Crippen molar-refractivity contribution in [3.63, 3.8) is 0 Å². The molecule has 0 saturated carbocycles. The number of rotatable bonds is 5. The molecule has 0 unspecified atom stereocenters. The summed E-state index contributed by atoms with van der Waals surface area (Å²) >= 11 is 0. The third-order valence-electron chi connectivity index (χ3n) is 2.60. The smallest absolute Gasteiger partial charge is 0.408 e. The van der Waals surface area contributed by atoms with Crippen molar-refractivity contribution in [1.29, 1.82) is 0 Å². The first kappa shape index (κ1) is 18.4. The molecular weight excluding hydrogens is 306 g/mol. The maximum atomic E-state index is 11.8. The Balaban J connectivity index is 2.44. The molecule has 3 N–H and O–H groups in total. The number of amides is 2. The Morgan fingerprint density at radius 2 is 2.04 bits per heavy atom. The second kappa shape index (κ2) is 7.56. The average Bonchev–Trinajstić information content (AvgIpc) is 2.41. The number of aromatic amines is 1. The van der Waals surface area contributed by atoms with Gasteiger partial charge >= 0.3 is 17.2 Å². The van der Waals surface area contributed by atoms with Crippen molar-refractivity contribution in [2.24, 2.45) is 0 Å². The Labute approximate surface area is 132 Å². The number of hydrogen-bond donors (Lipinski definition) is 3. The van der Waals surface area contributed by atoms with E-state index in [9.17, 15) is 19.2 Å². The van der Waals surface area contributed by atoms with Crippen LogP contribution in [0.1, 0.15) is 27.7 Å². The summed E-state index contributed by atoms with van der Waals surface area (Å²) in [7, 11) is 0. The summed E-state index contributed by atoms with van der Waals surface area (Å²) in [5, 5.41) is 10.4. The minimum absolute atomic E-state index is 0.0840. The molecule has 0 aliphatic rings. The zero-order valence-electron chi connectivity index (χ0n) is 13.5. The van der Waals surface area contributed by atoms with E-state index in [1.165, 1.54) is 6.92 Å². The van der Waals surface area contributed by atoms with Gasteiger partial charge in [-0.2, -0.15) is 5.10 Å². The van der Waals surface area contributed by atoms with Crippen LogP contribution in [-0.4, -0.2) is 45.0 Å². The van der Waals surface area contributed by atoms with E-state index < -0.39 is 34.8 Å². The molecule has 1 heterocycles. The highest BCUT2D eigenvalue weighted by Crippen LogP contribution is 2.06. The monoisotopic (exact) mass is 327 g/mol. The lowest BCUT2D eigenvalue weighted by Gasteiger charge is -2.21. The summed E-state index contributed by atoms with van der Waals surface area (Å²) in [4.78, 5) is 45.9. The van der Waals surface area contributed by atoms with Crippen LogP contribution in [0, 0.1) is 0 Å². The molecule has 2 amide bonds. The molecule has 1 aromatic heterocycles. The minimum atomic E-state index is -0.834. The number of nitrogens with one attached hydrogen (secondary N) is 3. The first-order valence-electron chi connectivity index (χ1n) is 7.01. The number of carbonyl (C=O) groups is 2. The van der Waals surface area contributed by atoms with E-state index in [2.05, 4.69) is 15.7 Å². The normalized spacial score (nSPS) is 12.3. The zero-order valence-corrected chi connectivity index (χ0v) is 13.5. The van der Waals surface area contributed by atoms with Crippen LogP contribution in [0.3, 0.4) is 0 Å². The van der Waals surface area contributed by atoms with Crippen LogP contribution >= 0.6 is 0 Å². The number of carbonyl (C=O) groups excluding carboxylic acids is 2. The van der Waals surface area contributed by atoms with Gasteiger partial charge in [0.25, 0.3) is 0 Å². The van der Waals surface area contributed by atoms with Gasteiger partial charge in [0.1, 0.15) is 18.0 Å². The highest BCUT2D eigenvalue weighted by Gasteiger charge is 2.20. The molecule has 10 nitrogen and oxygen atoms in total. The van der Waals surface area contributed by atoms with Gasteiger partial charge in [-0.15, -0.1) is 0 Å². The number of aromatic nitrogens is 3. The van der Waals surface area contributed by atoms with Crippen LogP contribution < -0.4 is 21.8 Å². The van der Waals surface area contributed by atoms with E-state index in [-0.39, 0.29) is 13.1 Å². The van der Waals surface area contributed by atoms with Crippen molar-refractivity contribution in [1.82, 2.24) is 25.4 Å². The van der Waals surface area contributed by atoms with Gasteiger partial charge in [-0.25, -0.2) is 9.89 Å². The Kier molecular flexibility index (Phi) is 6.05. The van der Waals surface area contributed by atoms with Crippen molar-refractivity contribution >= 4 is 12.0 Å². The van der Waals surface area contributed by atoms with E-state index in [0.29, 0.717) is 0 Å². The van der Waals surface area contributed by atoms with Crippen molar-refractivity contribution in [2.75, 3.05) is 6.54 Å². The maximum absolute atomic E-state index is 11.8. The van der Waals surface area contributed by atoms with Crippen LogP contribution in [0.2, 0.25) is 0 Å². The second-order valence-corrected chi connectivity index (χ2v) is 5.84. The summed E-state index contributed by atoms with van der Waals surface area (Å²) < 4.78 is 6.11. The summed E-state index contributed by atoms with van der Waals surface area (Å²) in [5.74, 6) is -0.443. The largest absolute Gasteiger partial charge is 0.444 e. The fourth-order valence-electron chi connectivity index (χ4n) is 1.55. The molecule has 128 valence electrons. The quantitative estimate of drug-likeness (QED) is 0.591. The fourth-order valence-corrected chi connectivity index (χ4v) is 1.55. The van der Waals surface area contributed by atoms with E-state index >= 15 is 0 Å². The molecule has 0 bridgehead atoms. The van der Waals surface area contributed by atoms with Crippen molar-refractivity contribution < 1.29 is 14.3 Å².